The van der Waals surface area contributed by atoms with Gasteiger partial charge in [0.2, 0.25) is 21.8 Å². The molecule has 0 aliphatic heterocycles. The van der Waals surface area contributed by atoms with Crippen LogP contribution in [0.15, 0.2) is 36.4 Å². The highest BCUT2D eigenvalue weighted by atomic mass is 35.5. The van der Waals surface area contributed by atoms with Crippen LogP contribution >= 0.6 is 23.2 Å². The fourth-order valence-electron chi connectivity index (χ4n) is 3.39. The molecule has 2 amide bonds. The summed E-state index contributed by atoms with van der Waals surface area (Å²) in [6, 6.07) is 6.09. The lowest BCUT2D eigenvalue weighted by Crippen LogP contribution is -2.53. The zero-order valence-electron chi connectivity index (χ0n) is 19.7. The van der Waals surface area contributed by atoms with Crippen molar-refractivity contribution in [3.8, 4) is 0 Å². The summed E-state index contributed by atoms with van der Waals surface area (Å²) in [4.78, 5) is 27.6. The first-order valence-corrected chi connectivity index (χ1v) is 13.3. The Kier molecular flexibility index (Phi) is 9.88. The molecule has 1 unspecified atom stereocenters. The molecule has 0 spiro atoms. The van der Waals surface area contributed by atoms with Gasteiger partial charge in [0.25, 0.3) is 0 Å². The second kappa shape index (κ2) is 12.0. The van der Waals surface area contributed by atoms with Crippen LogP contribution in [0.5, 0.6) is 0 Å². The number of sulfonamides is 1. The molecule has 0 fully saturated rings. The number of rotatable bonds is 10. The van der Waals surface area contributed by atoms with Gasteiger partial charge in [-0.15, -0.1) is 0 Å². The zero-order chi connectivity index (χ0) is 26.5. The van der Waals surface area contributed by atoms with E-state index < -0.39 is 46.1 Å². The van der Waals surface area contributed by atoms with Gasteiger partial charge in [-0.3, -0.25) is 13.9 Å². The van der Waals surface area contributed by atoms with Crippen LogP contribution in [0.4, 0.5) is 14.5 Å². The highest BCUT2D eigenvalue weighted by Gasteiger charge is 2.32. The van der Waals surface area contributed by atoms with E-state index in [1.165, 1.54) is 4.90 Å². The Hall–Kier alpha value is -2.43. The van der Waals surface area contributed by atoms with E-state index in [0.29, 0.717) is 21.0 Å². The molecular formula is C23H27Cl2F2N3O4S. The molecule has 0 saturated carbocycles. The number of amides is 2. The first-order valence-electron chi connectivity index (χ1n) is 10.7. The number of halogens is 4. The van der Waals surface area contributed by atoms with E-state index >= 15 is 0 Å². The average Bonchev–Trinajstić information content (AvgIpc) is 2.75. The Morgan fingerprint density at radius 3 is 2.20 bits per heavy atom. The SMILES string of the molecule is CCC(C(=O)NC(C)C)N(Cc1ccc(Cl)c(Cl)c1)C(=O)CN(c1ccc(F)c(F)c1)S(C)(=O)=O. The third-order valence-electron chi connectivity index (χ3n) is 5.02. The second-order valence-electron chi connectivity index (χ2n) is 8.23. The Labute approximate surface area is 214 Å². The van der Waals surface area contributed by atoms with Crippen LogP contribution in [0.25, 0.3) is 0 Å². The van der Waals surface area contributed by atoms with Gasteiger partial charge in [0, 0.05) is 18.7 Å². The summed E-state index contributed by atoms with van der Waals surface area (Å²) in [6.07, 6.45) is 1.07. The summed E-state index contributed by atoms with van der Waals surface area (Å²) < 4.78 is 52.8. The van der Waals surface area contributed by atoms with Crippen molar-refractivity contribution >= 4 is 50.7 Å². The van der Waals surface area contributed by atoms with Crippen LogP contribution in [0.1, 0.15) is 32.8 Å². The van der Waals surface area contributed by atoms with Crippen LogP contribution < -0.4 is 9.62 Å². The number of benzene rings is 2. The van der Waals surface area contributed by atoms with Gasteiger partial charge >= 0.3 is 0 Å². The van der Waals surface area contributed by atoms with Crippen molar-refractivity contribution in [2.24, 2.45) is 0 Å². The predicted octanol–water partition coefficient (Wildman–Crippen LogP) is 4.37. The number of anilines is 1. The molecule has 0 aliphatic carbocycles. The van der Waals surface area contributed by atoms with Crippen molar-refractivity contribution in [1.29, 1.82) is 0 Å². The molecule has 0 heterocycles. The maximum atomic E-state index is 13.8. The van der Waals surface area contributed by atoms with Gasteiger partial charge in [-0.2, -0.15) is 0 Å². The Morgan fingerprint density at radius 2 is 1.69 bits per heavy atom. The molecule has 1 N–H and O–H groups in total. The largest absolute Gasteiger partial charge is 0.352 e. The van der Waals surface area contributed by atoms with Crippen molar-refractivity contribution < 1.29 is 26.8 Å². The summed E-state index contributed by atoms with van der Waals surface area (Å²) in [5.41, 5.74) is 0.330. The fourth-order valence-corrected chi connectivity index (χ4v) is 4.55. The highest BCUT2D eigenvalue weighted by molar-refractivity contribution is 7.92. The molecule has 2 aromatic carbocycles. The lowest BCUT2D eigenvalue weighted by atomic mass is 10.1. The number of nitrogens with one attached hydrogen (secondary N) is 1. The predicted molar refractivity (Wildman–Crippen MR) is 133 cm³/mol. The molecule has 35 heavy (non-hydrogen) atoms. The highest BCUT2D eigenvalue weighted by Crippen LogP contribution is 2.25. The minimum Gasteiger partial charge on any atom is -0.352 e. The molecular weight excluding hydrogens is 523 g/mol. The summed E-state index contributed by atoms with van der Waals surface area (Å²) >= 11 is 12.1. The normalized spacial score (nSPS) is 12.4. The van der Waals surface area contributed by atoms with E-state index in [-0.39, 0.29) is 29.7 Å². The average molecular weight is 550 g/mol. The first-order chi connectivity index (χ1) is 16.2. The molecule has 7 nitrogen and oxygen atoms in total. The molecule has 0 saturated heterocycles. The van der Waals surface area contributed by atoms with Crippen LogP contribution in [-0.2, 0) is 26.2 Å². The minimum absolute atomic E-state index is 0.0743. The number of carbonyl (C=O) groups is 2. The van der Waals surface area contributed by atoms with Gasteiger partial charge in [-0.05, 0) is 50.1 Å². The van der Waals surface area contributed by atoms with Gasteiger partial charge < -0.3 is 10.2 Å². The van der Waals surface area contributed by atoms with Gasteiger partial charge in [0.05, 0.1) is 22.0 Å². The Balaban J connectivity index is 2.48. The standard InChI is InChI=1S/C23H27Cl2F2N3O4S/c1-5-21(23(32)28-14(2)3)29(12-15-6-8-17(24)18(25)10-15)22(31)13-30(35(4,33)34)16-7-9-19(26)20(27)11-16/h6-11,14,21H,5,12-13H2,1-4H3,(H,28,32). The molecule has 12 heteroatoms. The van der Waals surface area contributed by atoms with Crippen molar-refractivity contribution in [2.75, 3.05) is 17.1 Å². The molecule has 192 valence electrons. The molecule has 0 bridgehead atoms. The van der Waals surface area contributed by atoms with Crippen LogP contribution in [-0.4, -0.2) is 50.0 Å². The second-order valence-corrected chi connectivity index (χ2v) is 10.9. The van der Waals surface area contributed by atoms with E-state index in [1.807, 2.05) is 0 Å². The lowest BCUT2D eigenvalue weighted by molar-refractivity contribution is -0.140. The minimum atomic E-state index is -4.08. The third-order valence-corrected chi connectivity index (χ3v) is 6.90. The summed E-state index contributed by atoms with van der Waals surface area (Å²) in [5, 5.41) is 3.31. The quantitative estimate of drug-likeness (QED) is 0.476. The van der Waals surface area contributed by atoms with E-state index in [4.69, 9.17) is 23.2 Å². The molecule has 1 atom stereocenters. The third kappa shape index (κ3) is 7.78. The monoisotopic (exact) mass is 549 g/mol. The molecule has 2 rings (SSSR count). The smallest absolute Gasteiger partial charge is 0.244 e. The van der Waals surface area contributed by atoms with Crippen molar-refractivity contribution in [3.05, 3.63) is 63.6 Å². The Morgan fingerprint density at radius 1 is 1.03 bits per heavy atom. The maximum absolute atomic E-state index is 13.8. The van der Waals surface area contributed by atoms with E-state index in [9.17, 15) is 26.8 Å². The van der Waals surface area contributed by atoms with E-state index in [1.54, 1.807) is 39.0 Å². The lowest BCUT2D eigenvalue weighted by Gasteiger charge is -2.33. The fraction of sp³-hybridized carbons (Fsp3) is 0.391. The topological polar surface area (TPSA) is 86.8 Å². The maximum Gasteiger partial charge on any atom is 0.244 e. The number of nitrogens with zero attached hydrogens (tertiary/aromatic N) is 2. The van der Waals surface area contributed by atoms with Crippen molar-refractivity contribution in [2.45, 2.75) is 45.8 Å². The van der Waals surface area contributed by atoms with Gasteiger partial charge in [0.15, 0.2) is 11.6 Å². The van der Waals surface area contributed by atoms with Gasteiger partial charge in [0.1, 0.15) is 12.6 Å². The van der Waals surface area contributed by atoms with Crippen LogP contribution in [0.2, 0.25) is 10.0 Å². The Bertz CT molecular complexity index is 1200. The van der Waals surface area contributed by atoms with Crippen LogP contribution in [0, 0.1) is 11.6 Å². The van der Waals surface area contributed by atoms with E-state index in [0.717, 1.165) is 18.4 Å². The molecule has 0 aromatic heterocycles. The van der Waals surface area contributed by atoms with Crippen LogP contribution in [0.3, 0.4) is 0 Å². The molecule has 0 aliphatic rings. The van der Waals surface area contributed by atoms with Crippen molar-refractivity contribution in [3.63, 3.8) is 0 Å². The summed E-state index contributed by atoms with van der Waals surface area (Å²) in [6.45, 7) is 4.43. The van der Waals surface area contributed by atoms with Crippen molar-refractivity contribution in [1.82, 2.24) is 10.2 Å². The number of carbonyl (C=O) groups excluding carboxylic acids is 2. The first kappa shape index (κ1) is 28.8. The number of hydrogen-bond acceptors (Lipinski definition) is 4. The molecule has 2 aromatic rings. The zero-order valence-corrected chi connectivity index (χ0v) is 22.0. The van der Waals surface area contributed by atoms with E-state index in [2.05, 4.69) is 5.32 Å². The van der Waals surface area contributed by atoms with Gasteiger partial charge in [-0.25, -0.2) is 17.2 Å². The van der Waals surface area contributed by atoms with Gasteiger partial charge in [-0.1, -0.05) is 36.2 Å². The number of hydrogen-bond donors (Lipinski definition) is 1. The summed E-state index contributed by atoms with van der Waals surface area (Å²) in [7, 11) is -4.08. The molecule has 0 radical (unpaired) electrons. The summed E-state index contributed by atoms with van der Waals surface area (Å²) in [5.74, 6) is -3.57.